The van der Waals surface area contributed by atoms with Crippen molar-refractivity contribution in [3.05, 3.63) is 35.6 Å². The second-order valence-corrected chi connectivity index (χ2v) is 3.64. The Hall–Kier alpha value is -0.890. The quantitative estimate of drug-likeness (QED) is 0.751. The molecule has 1 fully saturated rings. The largest absolute Gasteiger partial charge is 0.310 e. The number of halogens is 1. The van der Waals surface area contributed by atoms with Gasteiger partial charge in [-0.15, -0.1) is 0 Å². The highest BCUT2D eigenvalue weighted by Gasteiger charge is 2.15. The first kappa shape index (κ1) is 8.70. The minimum atomic E-state index is -0.160. The van der Waals surface area contributed by atoms with E-state index in [2.05, 4.69) is 5.32 Å². The van der Waals surface area contributed by atoms with Gasteiger partial charge in [0.15, 0.2) is 0 Å². The van der Waals surface area contributed by atoms with Gasteiger partial charge < -0.3 is 5.32 Å². The smallest absolute Gasteiger partial charge is 0.123 e. The minimum absolute atomic E-state index is 0.160. The van der Waals surface area contributed by atoms with E-state index < -0.39 is 0 Å². The highest BCUT2D eigenvalue weighted by atomic mass is 19.1. The van der Waals surface area contributed by atoms with Crippen LogP contribution in [0.25, 0.3) is 0 Å². The maximum absolute atomic E-state index is 12.5. The third kappa shape index (κ3) is 2.28. The van der Waals surface area contributed by atoms with Crippen LogP contribution in [0.3, 0.4) is 0 Å². The zero-order valence-corrected chi connectivity index (χ0v) is 7.59. The first-order valence-electron chi connectivity index (χ1n) is 4.82. The van der Waals surface area contributed by atoms with Gasteiger partial charge in [0, 0.05) is 12.6 Å². The molecule has 0 heterocycles. The molecule has 1 aliphatic carbocycles. The molecule has 2 rings (SSSR count). The van der Waals surface area contributed by atoms with Gasteiger partial charge in [-0.05, 0) is 30.5 Å². The Balaban J connectivity index is 1.83. The van der Waals surface area contributed by atoms with Gasteiger partial charge in [-0.25, -0.2) is 4.39 Å². The number of hydrogen-bond donors (Lipinski definition) is 1. The molecule has 1 aromatic rings. The topological polar surface area (TPSA) is 12.0 Å². The zero-order chi connectivity index (χ0) is 9.10. The third-order valence-corrected chi connectivity index (χ3v) is 2.61. The fourth-order valence-electron chi connectivity index (χ4n) is 1.48. The Morgan fingerprint density at radius 2 is 1.92 bits per heavy atom. The molecule has 0 aliphatic heterocycles. The lowest BCUT2D eigenvalue weighted by molar-refractivity contribution is 0.338. The van der Waals surface area contributed by atoms with Gasteiger partial charge in [0.1, 0.15) is 5.82 Å². The lowest BCUT2D eigenvalue weighted by atomic mass is 9.93. The van der Waals surface area contributed by atoms with E-state index in [1.807, 2.05) is 12.1 Å². The molecule has 2 heteroatoms. The van der Waals surface area contributed by atoms with Gasteiger partial charge >= 0.3 is 0 Å². The van der Waals surface area contributed by atoms with Crippen molar-refractivity contribution in [2.45, 2.75) is 31.8 Å². The Kier molecular flexibility index (Phi) is 2.60. The average molecular weight is 179 g/mol. The van der Waals surface area contributed by atoms with Crippen molar-refractivity contribution in [3.8, 4) is 0 Å². The Labute approximate surface area is 78.0 Å². The van der Waals surface area contributed by atoms with Gasteiger partial charge in [-0.1, -0.05) is 18.6 Å². The van der Waals surface area contributed by atoms with E-state index in [1.165, 1.54) is 31.4 Å². The van der Waals surface area contributed by atoms with Crippen molar-refractivity contribution < 1.29 is 4.39 Å². The van der Waals surface area contributed by atoms with Crippen LogP contribution in [0.15, 0.2) is 24.3 Å². The summed E-state index contributed by atoms with van der Waals surface area (Å²) in [6, 6.07) is 7.39. The summed E-state index contributed by atoms with van der Waals surface area (Å²) in [5.41, 5.74) is 1.16. The van der Waals surface area contributed by atoms with E-state index in [0.29, 0.717) is 6.04 Å². The fourth-order valence-corrected chi connectivity index (χ4v) is 1.48. The number of nitrogens with one attached hydrogen (secondary N) is 1. The molecule has 1 saturated carbocycles. The minimum Gasteiger partial charge on any atom is -0.310 e. The monoisotopic (exact) mass is 179 g/mol. The summed E-state index contributed by atoms with van der Waals surface area (Å²) in [6.45, 7) is 0.866. The van der Waals surface area contributed by atoms with Crippen LogP contribution in [0.5, 0.6) is 0 Å². The van der Waals surface area contributed by atoms with Crippen molar-refractivity contribution in [2.75, 3.05) is 0 Å². The first-order chi connectivity index (χ1) is 6.34. The normalized spacial score (nSPS) is 17.0. The van der Waals surface area contributed by atoms with Gasteiger partial charge in [0.2, 0.25) is 0 Å². The number of hydrogen-bond acceptors (Lipinski definition) is 1. The van der Waals surface area contributed by atoms with Crippen LogP contribution >= 0.6 is 0 Å². The van der Waals surface area contributed by atoms with Crippen LogP contribution in [-0.4, -0.2) is 6.04 Å². The third-order valence-electron chi connectivity index (χ3n) is 2.61. The summed E-state index contributed by atoms with van der Waals surface area (Å²) < 4.78 is 12.5. The van der Waals surface area contributed by atoms with E-state index in [1.54, 1.807) is 0 Å². The van der Waals surface area contributed by atoms with Crippen LogP contribution in [0.4, 0.5) is 4.39 Å². The molecule has 1 aliphatic rings. The summed E-state index contributed by atoms with van der Waals surface area (Å²) in [5, 5.41) is 3.43. The molecule has 13 heavy (non-hydrogen) atoms. The lowest BCUT2D eigenvalue weighted by Gasteiger charge is -2.26. The van der Waals surface area contributed by atoms with Crippen LogP contribution in [0.2, 0.25) is 0 Å². The molecule has 0 bridgehead atoms. The molecule has 0 unspecified atom stereocenters. The Morgan fingerprint density at radius 1 is 1.23 bits per heavy atom. The number of benzene rings is 1. The van der Waals surface area contributed by atoms with Gasteiger partial charge in [-0.2, -0.15) is 0 Å². The second kappa shape index (κ2) is 3.88. The molecule has 0 spiro atoms. The summed E-state index contributed by atoms with van der Waals surface area (Å²) in [7, 11) is 0. The molecule has 1 N–H and O–H groups in total. The summed E-state index contributed by atoms with van der Waals surface area (Å²) >= 11 is 0. The van der Waals surface area contributed by atoms with Crippen molar-refractivity contribution in [2.24, 2.45) is 0 Å². The van der Waals surface area contributed by atoms with Crippen LogP contribution in [-0.2, 0) is 6.54 Å². The maximum atomic E-state index is 12.5. The van der Waals surface area contributed by atoms with Gasteiger partial charge in [0.25, 0.3) is 0 Å². The lowest BCUT2D eigenvalue weighted by Crippen LogP contribution is -2.34. The van der Waals surface area contributed by atoms with Gasteiger partial charge in [-0.3, -0.25) is 0 Å². The van der Waals surface area contributed by atoms with Gasteiger partial charge in [0.05, 0.1) is 0 Å². The summed E-state index contributed by atoms with van der Waals surface area (Å²) in [6.07, 6.45) is 3.93. The molecule has 0 saturated heterocycles. The van der Waals surface area contributed by atoms with E-state index in [9.17, 15) is 4.39 Å². The molecular formula is C11H14FN. The van der Waals surface area contributed by atoms with Crippen LogP contribution in [0.1, 0.15) is 24.8 Å². The van der Waals surface area contributed by atoms with Crippen LogP contribution < -0.4 is 5.32 Å². The van der Waals surface area contributed by atoms with Crippen molar-refractivity contribution in [1.82, 2.24) is 5.32 Å². The highest BCUT2D eigenvalue weighted by molar-refractivity contribution is 5.15. The molecule has 0 atom stereocenters. The second-order valence-electron chi connectivity index (χ2n) is 3.64. The SMILES string of the molecule is Fc1ccc(CNC2CCC2)cc1. The van der Waals surface area contributed by atoms with E-state index in [4.69, 9.17) is 0 Å². The summed E-state index contributed by atoms with van der Waals surface area (Å²) in [4.78, 5) is 0. The molecule has 1 aromatic carbocycles. The molecular weight excluding hydrogens is 165 g/mol. The Bertz CT molecular complexity index is 264. The average Bonchev–Trinajstić information content (AvgIpc) is 2.05. The Morgan fingerprint density at radius 3 is 2.46 bits per heavy atom. The van der Waals surface area contributed by atoms with Crippen molar-refractivity contribution in [3.63, 3.8) is 0 Å². The molecule has 0 aromatic heterocycles. The van der Waals surface area contributed by atoms with E-state index in [0.717, 1.165) is 12.1 Å². The number of rotatable bonds is 3. The van der Waals surface area contributed by atoms with Crippen molar-refractivity contribution >= 4 is 0 Å². The maximum Gasteiger partial charge on any atom is 0.123 e. The predicted octanol–water partition coefficient (Wildman–Crippen LogP) is 2.47. The zero-order valence-electron chi connectivity index (χ0n) is 7.59. The summed E-state index contributed by atoms with van der Waals surface area (Å²) in [5.74, 6) is -0.160. The fraction of sp³-hybridized carbons (Fsp3) is 0.455. The highest BCUT2D eigenvalue weighted by Crippen LogP contribution is 2.18. The van der Waals surface area contributed by atoms with Crippen molar-refractivity contribution in [1.29, 1.82) is 0 Å². The molecule has 1 nitrogen and oxygen atoms in total. The molecule has 0 radical (unpaired) electrons. The van der Waals surface area contributed by atoms with Crippen LogP contribution in [0, 0.1) is 5.82 Å². The first-order valence-corrected chi connectivity index (χ1v) is 4.82. The predicted molar refractivity (Wildman–Crippen MR) is 50.9 cm³/mol. The standard InChI is InChI=1S/C11H14FN/c12-10-6-4-9(5-7-10)8-13-11-2-1-3-11/h4-7,11,13H,1-3,8H2. The molecule has 70 valence electrons. The molecule has 0 amide bonds. The van der Waals surface area contributed by atoms with E-state index >= 15 is 0 Å². The van der Waals surface area contributed by atoms with E-state index in [-0.39, 0.29) is 5.82 Å².